The third kappa shape index (κ3) is 1.60. The molecule has 1 fully saturated rings. The van der Waals surface area contributed by atoms with Crippen LogP contribution < -0.4 is 4.90 Å². The fourth-order valence-corrected chi connectivity index (χ4v) is 1.39. The van der Waals surface area contributed by atoms with Crippen LogP contribution in [0.1, 0.15) is 12.8 Å². The van der Waals surface area contributed by atoms with Gasteiger partial charge in [-0.05, 0) is 18.8 Å². The summed E-state index contributed by atoms with van der Waals surface area (Å²) in [5.41, 5.74) is 0. The van der Waals surface area contributed by atoms with E-state index in [0.717, 1.165) is 18.3 Å². The number of anilines is 1. The second-order valence-electron chi connectivity index (χ2n) is 3.67. The minimum atomic E-state index is 0.928. The first kappa shape index (κ1) is 7.65. The van der Waals surface area contributed by atoms with E-state index in [-0.39, 0.29) is 0 Å². The molecule has 0 bridgehead atoms. The molecule has 1 saturated carbocycles. The van der Waals surface area contributed by atoms with Crippen LogP contribution in [0, 0.1) is 5.92 Å². The Morgan fingerprint density at radius 3 is 2.92 bits per heavy atom. The summed E-state index contributed by atoms with van der Waals surface area (Å²) in [4.78, 5) is 2.23. The van der Waals surface area contributed by atoms with Gasteiger partial charge in [-0.1, -0.05) is 0 Å². The van der Waals surface area contributed by atoms with Crippen molar-refractivity contribution < 1.29 is 0 Å². The summed E-state index contributed by atoms with van der Waals surface area (Å²) < 4.78 is 1.85. The Balaban J connectivity index is 1.97. The lowest BCUT2D eigenvalue weighted by Gasteiger charge is -2.14. The Kier molecular flexibility index (Phi) is 1.79. The van der Waals surface area contributed by atoms with E-state index in [9.17, 15) is 0 Å². The van der Waals surface area contributed by atoms with Crippen LogP contribution in [0.15, 0.2) is 12.3 Å². The molecule has 0 atom stereocenters. The first-order valence-corrected chi connectivity index (χ1v) is 4.46. The second kappa shape index (κ2) is 2.81. The molecule has 1 heterocycles. The van der Waals surface area contributed by atoms with Gasteiger partial charge in [0.1, 0.15) is 5.82 Å². The highest BCUT2D eigenvalue weighted by atomic mass is 15.3. The van der Waals surface area contributed by atoms with Crippen molar-refractivity contribution in [1.29, 1.82) is 0 Å². The zero-order valence-corrected chi connectivity index (χ0v) is 7.70. The standard InChI is InChI=1S/C9H15N3/c1-11(7-8-3-4-8)9-5-6-12(2)10-9/h5-6,8H,3-4,7H2,1-2H3. The van der Waals surface area contributed by atoms with E-state index in [1.807, 2.05) is 17.9 Å². The summed E-state index contributed by atoms with van der Waals surface area (Å²) in [6.45, 7) is 1.16. The summed E-state index contributed by atoms with van der Waals surface area (Å²) in [5.74, 6) is 2.02. The molecule has 0 N–H and O–H groups in total. The van der Waals surface area contributed by atoms with Gasteiger partial charge in [0.25, 0.3) is 0 Å². The summed E-state index contributed by atoms with van der Waals surface area (Å²) in [7, 11) is 4.06. The third-order valence-electron chi connectivity index (χ3n) is 2.32. The maximum absolute atomic E-state index is 4.33. The van der Waals surface area contributed by atoms with Crippen LogP contribution in [-0.4, -0.2) is 23.4 Å². The molecule has 0 spiro atoms. The van der Waals surface area contributed by atoms with Crippen LogP contribution in [0.2, 0.25) is 0 Å². The Labute approximate surface area is 73.0 Å². The zero-order chi connectivity index (χ0) is 8.55. The van der Waals surface area contributed by atoms with E-state index in [1.165, 1.54) is 12.8 Å². The largest absolute Gasteiger partial charge is 0.358 e. The highest BCUT2D eigenvalue weighted by molar-refractivity contribution is 5.35. The minimum Gasteiger partial charge on any atom is -0.358 e. The molecule has 0 radical (unpaired) electrons. The molecule has 2 rings (SSSR count). The van der Waals surface area contributed by atoms with E-state index in [0.29, 0.717) is 0 Å². The molecular formula is C9H15N3. The molecule has 0 unspecified atom stereocenters. The molecule has 1 aromatic rings. The molecule has 1 aliphatic carbocycles. The average Bonchev–Trinajstić information content (AvgIpc) is 2.72. The van der Waals surface area contributed by atoms with Crippen molar-refractivity contribution in [3.63, 3.8) is 0 Å². The van der Waals surface area contributed by atoms with Crippen molar-refractivity contribution in [3.8, 4) is 0 Å². The van der Waals surface area contributed by atoms with E-state index in [1.54, 1.807) is 0 Å². The predicted molar refractivity (Wildman–Crippen MR) is 49.2 cm³/mol. The molecule has 3 nitrogen and oxygen atoms in total. The fraction of sp³-hybridized carbons (Fsp3) is 0.667. The van der Waals surface area contributed by atoms with E-state index in [2.05, 4.69) is 23.1 Å². The lowest BCUT2D eigenvalue weighted by atomic mass is 10.4. The van der Waals surface area contributed by atoms with E-state index < -0.39 is 0 Å². The summed E-state index contributed by atoms with van der Waals surface area (Å²) in [5, 5.41) is 4.33. The summed E-state index contributed by atoms with van der Waals surface area (Å²) in [6.07, 6.45) is 4.78. The quantitative estimate of drug-likeness (QED) is 0.672. The number of aromatic nitrogens is 2. The number of rotatable bonds is 3. The van der Waals surface area contributed by atoms with Gasteiger partial charge in [-0.3, -0.25) is 4.68 Å². The van der Waals surface area contributed by atoms with Crippen molar-refractivity contribution >= 4 is 5.82 Å². The summed E-state index contributed by atoms with van der Waals surface area (Å²) in [6, 6.07) is 2.06. The lowest BCUT2D eigenvalue weighted by Crippen LogP contribution is -2.20. The number of nitrogens with zero attached hydrogens (tertiary/aromatic N) is 3. The fourth-order valence-electron chi connectivity index (χ4n) is 1.39. The van der Waals surface area contributed by atoms with Crippen molar-refractivity contribution in [2.45, 2.75) is 12.8 Å². The predicted octanol–water partition coefficient (Wildman–Crippen LogP) is 1.27. The highest BCUT2D eigenvalue weighted by Crippen LogP contribution is 2.30. The van der Waals surface area contributed by atoms with Crippen LogP contribution in [-0.2, 0) is 7.05 Å². The molecule has 0 aliphatic heterocycles. The van der Waals surface area contributed by atoms with E-state index >= 15 is 0 Å². The van der Waals surface area contributed by atoms with Gasteiger partial charge in [0.05, 0.1) is 0 Å². The Hall–Kier alpha value is -0.990. The summed E-state index contributed by atoms with van der Waals surface area (Å²) >= 11 is 0. The average molecular weight is 165 g/mol. The molecule has 0 saturated heterocycles. The van der Waals surface area contributed by atoms with Crippen LogP contribution in [0.5, 0.6) is 0 Å². The normalized spacial score (nSPS) is 16.5. The molecule has 12 heavy (non-hydrogen) atoms. The molecule has 3 heteroatoms. The second-order valence-corrected chi connectivity index (χ2v) is 3.67. The molecule has 1 aromatic heterocycles. The number of aryl methyl sites for hydroxylation is 1. The first-order chi connectivity index (χ1) is 5.75. The molecule has 0 amide bonds. The van der Waals surface area contributed by atoms with Crippen molar-refractivity contribution in [1.82, 2.24) is 9.78 Å². The lowest BCUT2D eigenvalue weighted by molar-refractivity contribution is 0.731. The van der Waals surface area contributed by atoms with Crippen molar-refractivity contribution in [2.24, 2.45) is 13.0 Å². The van der Waals surface area contributed by atoms with Gasteiger partial charge in [-0.25, -0.2) is 0 Å². The topological polar surface area (TPSA) is 21.1 Å². The van der Waals surface area contributed by atoms with Gasteiger partial charge in [0.15, 0.2) is 0 Å². The molecule has 1 aliphatic rings. The van der Waals surface area contributed by atoms with Gasteiger partial charge in [-0.15, -0.1) is 0 Å². The minimum absolute atomic E-state index is 0.928. The third-order valence-corrected chi connectivity index (χ3v) is 2.32. The smallest absolute Gasteiger partial charge is 0.150 e. The number of hydrogen-bond donors (Lipinski definition) is 0. The van der Waals surface area contributed by atoms with Crippen LogP contribution in [0.25, 0.3) is 0 Å². The Bertz CT molecular complexity index is 262. The van der Waals surface area contributed by atoms with Gasteiger partial charge < -0.3 is 4.90 Å². The number of hydrogen-bond acceptors (Lipinski definition) is 2. The van der Waals surface area contributed by atoms with Crippen molar-refractivity contribution in [2.75, 3.05) is 18.5 Å². The zero-order valence-electron chi connectivity index (χ0n) is 7.70. The monoisotopic (exact) mass is 165 g/mol. The van der Waals surface area contributed by atoms with Gasteiger partial charge in [0, 0.05) is 32.9 Å². The first-order valence-electron chi connectivity index (χ1n) is 4.46. The SMILES string of the molecule is CN(CC1CC1)c1ccn(C)n1. The Morgan fingerprint density at radius 1 is 1.67 bits per heavy atom. The maximum Gasteiger partial charge on any atom is 0.150 e. The molecule has 66 valence electrons. The van der Waals surface area contributed by atoms with Crippen LogP contribution in [0.3, 0.4) is 0 Å². The van der Waals surface area contributed by atoms with Crippen molar-refractivity contribution in [3.05, 3.63) is 12.3 Å². The molecular weight excluding hydrogens is 150 g/mol. The van der Waals surface area contributed by atoms with Crippen LogP contribution >= 0.6 is 0 Å². The van der Waals surface area contributed by atoms with Crippen LogP contribution in [0.4, 0.5) is 5.82 Å². The highest BCUT2D eigenvalue weighted by Gasteiger charge is 2.23. The van der Waals surface area contributed by atoms with Gasteiger partial charge >= 0.3 is 0 Å². The van der Waals surface area contributed by atoms with Gasteiger partial charge in [-0.2, -0.15) is 5.10 Å². The van der Waals surface area contributed by atoms with Gasteiger partial charge in [0.2, 0.25) is 0 Å². The molecule has 0 aromatic carbocycles. The van der Waals surface area contributed by atoms with E-state index in [4.69, 9.17) is 0 Å². The Morgan fingerprint density at radius 2 is 2.42 bits per heavy atom. The maximum atomic E-state index is 4.33.